The van der Waals surface area contributed by atoms with E-state index < -0.39 is 16.0 Å². The van der Waals surface area contributed by atoms with E-state index in [4.69, 9.17) is 0 Å². The molecule has 0 bridgehead atoms. The van der Waals surface area contributed by atoms with E-state index in [9.17, 15) is 13.2 Å². The Labute approximate surface area is 134 Å². The van der Waals surface area contributed by atoms with Crippen LogP contribution in [-0.2, 0) is 32.5 Å². The fraction of sp³-hybridized carbons (Fsp3) is 0.357. The fourth-order valence-corrected chi connectivity index (χ4v) is 2.79. The third-order valence-corrected chi connectivity index (χ3v) is 4.32. The molecule has 0 spiro atoms. The van der Waals surface area contributed by atoms with Crippen molar-refractivity contribution in [3.63, 3.8) is 0 Å². The largest absolute Gasteiger partial charge is 0.468 e. The van der Waals surface area contributed by atoms with E-state index in [-0.39, 0.29) is 18.2 Å². The van der Waals surface area contributed by atoms with Gasteiger partial charge in [0.2, 0.25) is 10.0 Å². The number of hydrogen-bond donors (Lipinski definition) is 1. The number of ether oxygens (including phenoxy) is 1. The standard InChI is InChI=1S/C14H18N4O4S/c1-11-3-5-12(6-4-11)7-8-23(20,21)17-14-15-10-18(16-14)9-13(19)22-2/h3-6,10H,7-9H2,1-2H3,(H,16,17). The molecule has 0 radical (unpaired) electrons. The molecule has 0 amide bonds. The van der Waals surface area contributed by atoms with E-state index in [1.54, 1.807) is 0 Å². The SMILES string of the molecule is COC(=O)Cn1cnc(NS(=O)(=O)CCc2ccc(C)cc2)n1. The van der Waals surface area contributed by atoms with Gasteiger partial charge in [0.25, 0.3) is 5.95 Å². The number of hydrogen-bond acceptors (Lipinski definition) is 6. The highest BCUT2D eigenvalue weighted by Crippen LogP contribution is 2.07. The normalized spacial score (nSPS) is 11.2. The molecule has 0 aliphatic carbocycles. The second-order valence-corrected chi connectivity index (χ2v) is 6.84. The molecule has 8 nitrogen and oxygen atoms in total. The number of sulfonamides is 1. The Morgan fingerprint density at radius 1 is 1.30 bits per heavy atom. The molecule has 2 aromatic rings. The fourth-order valence-electron chi connectivity index (χ4n) is 1.81. The first-order valence-corrected chi connectivity index (χ1v) is 8.55. The minimum absolute atomic E-state index is 0.0715. The number of anilines is 1. The van der Waals surface area contributed by atoms with Gasteiger partial charge in [-0.1, -0.05) is 29.8 Å². The molecule has 9 heteroatoms. The number of rotatable bonds is 7. The van der Waals surface area contributed by atoms with Gasteiger partial charge in [-0.25, -0.2) is 17.8 Å². The van der Waals surface area contributed by atoms with Crippen molar-refractivity contribution in [3.05, 3.63) is 41.7 Å². The Morgan fingerprint density at radius 3 is 2.65 bits per heavy atom. The maximum Gasteiger partial charge on any atom is 0.327 e. The van der Waals surface area contributed by atoms with Crippen LogP contribution in [0.3, 0.4) is 0 Å². The second-order valence-electron chi connectivity index (χ2n) is 5.00. The molecule has 0 unspecified atom stereocenters. The van der Waals surface area contributed by atoms with Gasteiger partial charge in [-0.3, -0.25) is 4.79 Å². The number of carbonyl (C=O) groups excluding carboxylic acids is 1. The first-order valence-electron chi connectivity index (χ1n) is 6.90. The zero-order chi connectivity index (χ0) is 16.9. The molecule has 1 heterocycles. The number of carbonyl (C=O) groups is 1. The number of methoxy groups -OCH3 is 1. The first kappa shape index (κ1) is 16.9. The lowest BCUT2D eigenvalue weighted by molar-refractivity contribution is -0.141. The average molecular weight is 338 g/mol. The Balaban J connectivity index is 1.93. The van der Waals surface area contributed by atoms with Crippen LogP contribution in [0.4, 0.5) is 5.95 Å². The second kappa shape index (κ2) is 7.23. The van der Waals surface area contributed by atoms with Crippen molar-refractivity contribution in [2.24, 2.45) is 0 Å². The number of aryl methyl sites for hydroxylation is 2. The molecular weight excluding hydrogens is 320 g/mol. The zero-order valence-corrected chi connectivity index (χ0v) is 13.7. The molecule has 0 saturated heterocycles. The van der Waals surface area contributed by atoms with Gasteiger partial charge in [0.05, 0.1) is 12.9 Å². The number of nitrogens with one attached hydrogen (secondary N) is 1. The summed E-state index contributed by atoms with van der Waals surface area (Å²) in [6, 6.07) is 7.67. The summed E-state index contributed by atoms with van der Waals surface area (Å²) in [5.41, 5.74) is 2.06. The van der Waals surface area contributed by atoms with Crippen molar-refractivity contribution >= 4 is 21.9 Å². The summed E-state index contributed by atoms with van der Waals surface area (Å²) in [4.78, 5) is 14.9. The van der Waals surface area contributed by atoms with Gasteiger partial charge >= 0.3 is 5.97 Å². The minimum Gasteiger partial charge on any atom is -0.468 e. The lowest BCUT2D eigenvalue weighted by Crippen LogP contribution is -2.19. The Morgan fingerprint density at radius 2 is 2.00 bits per heavy atom. The molecule has 2 rings (SSSR count). The van der Waals surface area contributed by atoms with Crippen molar-refractivity contribution < 1.29 is 17.9 Å². The molecule has 124 valence electrons. The van der Waals surface area contributed by atoms with Gasteiger partial charge < -0.3 is 4.74 Å². The predicted molar refractivity (Wildman–Crippen MR) is 84.3 cm³/mol. The molecule has 0 aliphatic heterocycles. The van der Waals surface area contributed by atoms with Crippen molar-refractivity contribution in [1.29, 1.82) is 0 Å². The van der Waals surface area contributed by atoms with E-state index in [2.05, 4.69) is 19.5 Å². The van der Waals surface area contributed by atoms with Crippen LogP contribution in [0.1, 0.15) is 11.1 Å². The van der Waals surface area contributed by atoms with Gasteiger partial charge in [0, 0.05) is 0 Å². The maximum absolute atomic E-state index is 12.0. The first-order chi connectivity index (χ1) is 10.9. The zero-order valence-electron chi connectivity index (χ0n) is 12.9. The van der Waals surface area contributed by atoms with E-state index in [0.717, 1.165) is 11.1 Å². The molecule has 0 aliphatic rings. The Hall–Kier alpha value is -2.42. The highest BCUT2D eigenvalue weighted by molar-refractivity contribution is 7.92. The monoisotopic (exact) mass is 338 g/mol. The Kier molecular flexibility index (Phi) is 5.32. The molecule has 0 fully saturated rings. The van der Waals surface area contributed by atoms with Crippen LogP contribution in [0.15, 0.2) is 30.6 Å². The number of esters is 1. The van der Waals surface area contributed by atoms with Gasteiger partial charge in [0.15, 0.2) is 0 Å². The van der Waals surface area contributed by atoms with Crippen LogP contribution < -0.4 is 4.72 Å². The molecule has 0 saturated carbocycles. The summed E-state index contributed by atoms with van der Waals surface area (Å²) in [5.74, 6) is -0.650. The van der Waals surface area contributed by atoms with Crippen molar-refractivity contribution in [1.82, 2.24) is 14.8 Å². The molecule has 1 N–H and O–H groups in total. The van der Waals surface area contributed by atoms with E-state index >= 15 is 0 Å². The lowest BCUT2D eigenvalue weighted by Gasteiger charge is -2.05. The van der Waals surface area contributed by atoms with Crippen molar-refractivity contribution in [3.8, 4) is 0 Å². The van der Waals surface area contributed by atoms with Gasteiger partial charge in [0.1, 0.15) is 12.9 Å². The van der Waals surface area contributed by atoms with Crippen molar-refractivity contribution in [2.75, 3.05) is 17.6 Å². The van der Waals surface area contributed by atoms with Crippen LogP contribution >= 0.6 is 0 Å². The summed E-state index contributed by atoms with van der Waals surface area (Å²) in [7, 11) is -2.31. The highest BCUT2D eigenvalue weighted by Gasteiger charge is 2.14. The number of aromatic nitrogens is 3. The van der Waals surface area contributed by atoms with Crippen LogP contribution in [0.2, 0.25) is 0 Å². The molecule has 0 atom stereocenters. The summed E-state index contributed by atoms with van der Waals surface area (Å²) < 4.78 is 32.1. The Bertz CT molecular complexity index is 768. The van der Waals surface area contributed by atoms with Crippen LogP contribution in [0, 0.1) is 6.92 Å². The summed E-state index contributed by atoms with van der Waals surface area (Å²) >= 11 is 0. The van der Waals surface area contributed by atoms with E-state index in [0.29, 0.717) is 6.42 Å². The topological polar surface area (TPSA) is 103 Å². The highest BCUT2D eigenvalue weighted by atomic mass is 32.2. The van der Waals surface area contributed by atoms with E-state index in [1.165, 1.54) is 18.1 Å². The molecule has 1 aromatic carbocycles. The third kappa shape index (κ3) is 5.37. The van der Waals surface area contributed by atoms with Gasteiger partial charge in [-0.15, -0.1) is 5.10 Å². The number of benzene rings is 1. The number of nitrogens with zero attached hydrogens (tertiary/aromatic N) is 3. The molecule has 1 aromatic heterocycles. The average Bonchev–Trinajstić information content (AvgIpc) is 2.92. The van der Waals surface area contributed by atoms with Crippen LogP contribution in [-0.4, -0.2) is 42.0 Å². The molecular formula is C14H18N4O4S. The van der Waals surface area contributed by atoms with Crippen molar-refractivity contribution in [2.45, 2.75) is 19.9 Å². The lowest BCUT2D eigenvalue weighted by atomic mass is 10.1. The van der Waals surface area contributed by atoms with Gasteiger partial charge in [-0.2, -0.15) is 4.98 Å². The minimum atomic E-state index is -3.57. The maximum atomic E-state index is 12.0. The molecule has 23 heavy (non-hydrogen) atoms. The smallest absolute Gasteiger partial charge is 0.327 e. The van der Waals surface area contributed by atoms with Crippen LogP contribution in [0.25, 0.3) is 0 Å². The summed E-state index contributed by atoms with van der Waals surface area (Å²) in [6.07, 6.45) is 1.65. The summed E-state index contributed by atoms with van der Waals surface area (Å²) in [5, 5.41) is 3.86. The summed E-state index contributed by atoms with van der Waals surface area (Å²) in [6.45, 7) is 1.84. The van der Waals surface area contributed by atoms with E-state index in [1.807, 2.05) is 31.2 Å². The predicted octanol–water partition coefficient (Wildman–Crippen LogP) is 0.744. The quantitative estimate of drug-likeness (QED) is 0.747. The third-order valence-electron chi connectivity index (χ3n) is 3.08. The van der Waals surface area contributed by atoms with Gasteiger partial charge in [-0.05, 0) is 18.9 Å². The van der Waals surface area contributed by atoms with Crippen LogP contribution in [0.5, 0.6) is 0 Å².